The highest BCUT2D eigenvalue weighted by Crippen LogP contribution is 2.05. The average molecular weight is 216 g/mol. The summed E-state index contributed by atoms with van der Waals surface area (Å²) in [5.41, 5.74) is 0. The fraction of sp³-hybridized carbons (Fsp3) is 0.900. The van der Waals surface area contributed by atoms with Crippen molar-refractivity contribution in [3.63, 3.8) is 0 Å². The van der Waals surface area contributed by atoms with Crippen molar-refractivity contribution in [1.82, 2.24) is 9.80 Å². The molecule has 0 aromatic carbocycles. The molecule has 4 heteroatoms. The van der Waals surface area contributed by atoms with Gasteiger partial charge in [-0.25, -0.2) is 0 Å². The Bertz CT molecular complexity index is 179. The van der Waals surface area contributed by atoms with Crippen LogP contribution in [0.25, 0.3) is 0 Å². The van der Waals surface area contributed by atoms with Crippen LogP contribution in [-0.2, 0) is 4.79 Å². The smallest absolute Gasteiger partial charge is 0.185 e. The van der Waals surface area contributed by atoms with E-state index < -0.39 is 0 Å². The first-order valence-electron chi connectivity index (χ1n) is 5.23. The maximum absolute atomic E-state index is 10.7. The topological polar surface area (TPSA) is 23.6 Å². The van der Waals surface area contributed by atoms with E-state index >= 15 is 0 Å². The summed E-state index contributed by atoms with van der Waals surface area (Å²) in [7, 11) is 2.17. The van der Waals surface area contributed by atoms with Crippen molar-refractivity contribution in [2.24, 2.45) is 0 Å². The first-order chi connectivity index (χ1) is 6.68. The Morgan fingerprint density at radius 1 is 1.29 bits per heavy atom. The van der Waals surface area contributed by atoms with E-state index in [1.807, 2.05) is 0 Å². The van der Waals surface area contributed by atoms with Gasteiger partial charge in [-0.2, -0.15) is 0 Å². The maximum Gasteiger partial charge on any atom is 0.185 e. The van der Waals surface area contributed by atoms with Crippen molar-refractivity contribution in [1.29, 1.82) is 0 Å². The molecule has 0 aromatic rings. The number of thioether (sulfide) groups is 1. The predicted octanol–water partition coefficient (Wildman–Crippen LogP) is 0.904. The first-order valence-corrected chi connectivity index (χ1v) is 6.21. The van der Waals surface area contributed by atoms with Gasteiger partial charge < -0.3 is 9.80 Å². The SMILES string of the molecule is CC(=O)SCCCN1CCN(C)CC1. The summed E-state index contributed by atoms with van der Waals surface area (Å²) < 4.78 is 0. The molecule has 1 rings (SSSR count). The number of hydrogen-bond donors (Lipinski definition) is 0. The number of rotatable bonds is 4. The Balaban J connectivity index is 1.99. The molecular formula is C10H20N2OS. The molecule has 0 aromatic heterocycles. The van der Waals surface area contributed by atoms with E-state index in [4.69, 9.17) is 0 Å². The zero-order valence-corrected chi connectivity index (χ0v) is 9.98. The van der Waals surface area contributed by atoms with Crippen LogP contribution in [0.3, 0.4) is 0 Å². The summed E-state index contributed by atoms with van der Waals surface area (Å²) >= 11 is 1.44. The lowest BCUT2D eigenvalue weighted by Crippen LogP contribution is -2.44. The van der Waals surface area contributed by atoms with E-state index in [2.05, 4.69) is 16.8 Å². The molecule has 0 N–H and O–H groups in total. The summed E-state index contributed by atoms with van der Waals surface area (Å²) in [5.74, 6) is 0.974. The number of piperazine rings is 1. The van der Waals surface area contributed by atoms with Gasteiger partial charge in [0.15, 0.2) is 5.12 Å². The van der Waals surface area contributed by atoms with Gasteiger partial charge in [0.25, 0.3) is 0 Å². The van der Waals surface area contributed by atoms with Crippen molar-refractivity contribution in [2.45, 2.75) is 13.3 Å². The van der Waals surface area contributed by atoms with E-state index in [9.17, 15) is 4.79 Å². The Morgan fingerprint density at radius 2 is 1.93 bits per heavy atom. The normalized spacial score (nSPS) is 19.9. The Morgan fingerprint density at radius 3 is 2.50 bits per heavy atom. The molecule has 1 heterocycles. The van der Waals surface area contributed by atoms with Crippen LogP contribution in [0, 0.1) is 0 Å². The van der Waals surface area contributed by atoms with Gasteiger partial charge in [-0.15, -0.1) is 0 Å². The molecule has 0 aliphatic carbocycles. The summed E-state index contributed by atoms with van der Waals surface area (Å²) in [6.07, 6.45) is 1.13. The van der Waals surface area contributed by atoms with Crippen LogP contribution in [0.1, 0.15) is 13.3 Å². The monoisotopic (exact) mass is 216 g/mol. The standard InChI is InChI=1S/C10H20N2OS/c1-10(13)14-9-3-4-12-7-5-11(2)6-8-12/h3-9H2,1-2H3. The van der Waals surface area contributed by atoms with Crippen LogP contribution in [0.5, 0.6) is 0 Å². The number of likely N-dealkylation sites (N-methyl/N-ethyl adjacent to an activating group) is 1. The molecule has 0 unspecified atom stereocenters. The van der Waals surface area contributed by atoms with Crippen LogP contribution in [0.4, 0.5) is 0 Å². The fourth-order valence-electron chi connectivity index (χ4n) is 1.58. The predicted molar refractivity (Wildman–Crippen MR) is 61.7 cm³/mol. The van der Waals surface area contributed by atoms with Gasteiger partial charge in [-0.05, 0) is 20.0 Å². The van der Waals surface area contributed by atoms with Crippen molar-refractivity contribution >= 4 is 16.9 Å². The molecule has 82 valence electrons. The fourth-order valence-corrected chi connectivity index (χ4v) is 2.14. The molecule has 0 spiro atoms. The molecule has 3 nitrogen and oxygen atoms in total. The highest BCUT2D eigenvalue weighted by atomic mass is 32.2. The minimum atomic E-state index is 0.239. The number of hydrogen-bond acceptors (Lipinski definition) is 4. The second-order valence-corrected chi connectivity index (χ2v) is 5.11. The Kier molecular flexibility index (Phi) is 5.52. The maximum atomic E-state index is 10.7. The van der Waals surface area contributed by atoms with Crippen LogP contribution in [0.15, 0.2) is 0 Å². The molecule has 14 heavy (non-hydrogen) atoms. The third kappa shape index (κ3) is 4.98. The average Bonchev–Trinajstić information content (AvgIpc) is 2.15. The Labute approximate surface area is 90.8 Å². The van der Waals surface area contributed by atoms with Crippen LogP contribution >= 0.6 is 11.8 Å². The lowest BCUT2D eigenvalue weighted by Gasteiger charge is -2.32. The molecule has 0 amide bonds. The first kappa shape index (κ1) is 12.0. The number of nitrogens with zero attached hydrogens (tertiary/aromatic N) is 2. The van der Waals surface area contributed by atoms with E-state index in [-0.39, 0.29) is 5.12 Å². The third-order valence-electron chi connectivity index (χ3n) is 2.52. The van der Waals surface area contributed by atoms with Gasteiger partial charge in [-0.3, -0.25) is 4.79 Å². The van der Waals surface area contributed by atoms with Gasteiger partial charge in [0.05, 0.1) is 0 Å². The lowest BCUT2D eigenvalue weighted by atomic mass is 10.3. The highest BCUT2D eigenvalue weighted by molar-refractivity contribution is 8.13. The van der Waals surface area contributed by atoms with Crippen LogP contribution < -0.4 is 0 Å². The van der Waals surface area contributed by atoms with Gasteiger partial charge in [0.1, 0.15) is 0 Å². The molecule has 1 aliphatic rings. The van der Waals surface area contributed by atoms with Crippen molar-refractivity contribution in [3.8, 4) is 0 Å². The second-order valence-electron chi connectivity index (χ2n) is 3.84. The molecule has 1 saturated heterocycles. The lowest BCUT2D eigenvalue weighted by molar-refractivity contribution is -0.109. The molecule has 1 fully saturated rings. The third-order valence-corrected chi connectivity index (χ3v) is 3.42. The molecule has 0 saturated carbocycles. The van der Waals surface area contributed by atoms with E-state index in [0.717, 1.165) is 18.7 Å². The number of carbonyl (C=O) groups excluding carboxylic acids is 1. The van der Waals surface area contributed by atoms with E-state index in [1.54, 1.807) is 6.92 Å². The summed E-state index contributed by atoms with van der Waals surface area (Å²) in [6.45, 7) is 7.51. The van der Waals surface area contributed by atoms with E-state index in [1.165, 1.54) is 37.9 Å². The van der Waals surface area contributed by atoms with Gasteiger partial charge in [0, 0.05) is 38.9 Å². The zero-order chi connectivity index (χ0) is 10.4. The summed E-state index contributed by atoms with van der Waals surface area (Å²) in [4.78, 5) is 15.5. The molecule has 1 aliphatic heterocycles. The highest BCUT2D eigenvalue weighted by Gasteiger charge is 2.12. The van der Waals surface area contributed by atoms with Crippen LogP contribution in [0.2, 0.25) is 0 Å². The second kappa shape index (κ2) is 6.43. The minimum absolute atomic E-state index is 0.239. The van der Waals surface area contributed by atoms with Crippen molar-refractivity contribution in [2.75, 3.05) is 45.5 Å². The van der Waals surface area contributed by atoms with Gasteiger partial charge in [-0.1, -0.05) is 11.8 Å². The van der Waals surface area contributed by atoms with Crippen LogP contribution in [-0.4, -0.2) is 60.4 Å². The molecule has 0 radical (unpaired) electrons. The molecule has 0 bridgehead atoms. The number of carbonyl (C=O) groups is 1. The molecular weight excluding hydrogens is 196 g/mol. The Hall–Kier alpha value is -0.0600. The summed E-state index contributed by atoms with van der Waals surface area (Å²) in [5, 5.41) is 0.239. The largest absolute Gasteiger partial charge is 0.304 e. The minimum Gasteiger partial charge on any atom is -0.304 e. The van der Waals surface area contributed by atoms with Crippen molar-refractivity contribution < 1.29 is 4.79 Å². The van der Waals surface area contributed by atoms with Gasteiger partial charge in [0.2, 0.25) is 0 Å². The van der Waals surface area contributed by atoms with Gasteiger partial charge >= 0.3 is 0 Å². The zero-order valence-electron chi connectivity index (χ0n) is 9.16. The van der Waals surface area contributed by atoms with Crippen molar-refractivity contribution in [3.05, 3.63) is 0 Å². The quantitative estimate of drug-likeness (QED) is 0.652. The van der Waals surface area contributed by atoms with E-state index in [0.29, 0.717) is 0 Å². The summed E-state index contributed by atoms with van der Waals surface area (Å²) in [6, 6.07) is 0. The molecule has 0 atom stereocenters.